The second-order valence-electron chi connectivity index (χ2n) is 7.86. The highest BCUT2D eigenvalue weighted by Crippen LogP contribution is 2.35. The van der Waals surface area contributed by atoms with Gasteiger partial charge in [-0.15, -0.1) is 0 Å². The summed E-state index contributed by atoms with van der Waals surface area (Å²) >= 11 is 0. The van der Waals surface area contributed by atoms with Gasteiger partial charge >= 0.3 is 0 Å². The van der Waals surface area contributed by atoms with Gasteiger partial charge in [-0.2, -0.15) is 0 Å². The minimum absolute atomic E-state index is 0.203. The zero-order valence-electron chi connectivity index (χ0n) is 14.6. The van der Waals surface area contributed by atoms with Crippen LogP contribution in [0.15, 0.2) is 23.9 Å². The first-order chi connectivity index (χ1) is 10.6. The third-order valence-electron chi connectivity index (χ3n) is 5.83. The number of nitrogens with two attached hydrogens (primary N) is 2. The molecule has 4 unspecified atom stereocenters. The maximum atomic E-state index is 6.34. The number of hydrogen-bond acceptors (Lipinski definition) is 2. The molecule has 22 heavy (non-hydrogen) atoms. The van der Waals surface area contributed by atoms with Crippen LogP contribution in [0.3, 0.4) is 0 Å². The molecule has 2 aliphatic carbocycles. The van der Waals surface area contributed by atoms with Crippen molar-refractivity contribution >= 4 is 0 Å². The highest BCUT2D eigenvalue weighted by Gasteiger charge is 2.28. The molecule has 2 heteroatoms. The van der Waals surface area contributed by atoms with Gasteiger partial charge in [0.25, 0.3) is 0 Å². The summed E-state index contributed by atoms with van der Waals surface area (Å²) in [6.45, 7) is 4.60. The molecule has 0 amide bonds. The summed E-state index contributed by atoms with van der Waals surface area (Å²) in [6, 6.07) is 0.203. The monoisotopic (exact) mass is 304 g/mol. The van der Waals surface area contributed by atoms with E-state index < -0.39 is 0 Å². The predicted molar refractivity (Wildman–Crippen MR) is 96.2 cm³/mol. The van der Waals surface area contributed by atoms with E-state index in [1.54, 1.807) is 0 Å². The van der Waals surface area contributed by atoms with E-state index >= 15 is 0 Å². The summed E-state index contributed by atoms with van der Waals surface area (Å²) in [5, 5.41) is 0. The third kappa shape index (κ3) is 5.46. The summed E-state index contributed by atoms with van der Waals surface area (Å²) in [4.78, 5) is 0. The first-order valence-electron chi connectivity index (χ1n) is 9.44. The van der Waals surface area contributed by atoms with Crippen LogP contribution in [0, 0.1) is 23.7 Å². The normalized spacial score (nSPS) is 32.1. The summed E-state index contributed by atoms with van der Waals surface area (Å²) in [7, 11) is 0. The Balaban J connectivity index is 1.70. The van der Waals surface area contributed by atoms with Crippen molar-refractivity contribution in [2.24, 2.45) is 35.1 Å². The van der Waals surface area contributed by atoms with Gasteiger partial charge in [0.1, 0.15) is 0 Å². The highest BCUT2D eigenvalue weighted by molar-refractivity contribution is 5.08. The van der Waals surface area contributed by atoms with Gasteiger partial charge in [-0.25, -0.2) is 0 Å². The molecule has 1 fully saturated rings. The Morgan fingerprint density at radius 2 is 1.95 bits per heavy atom. The van der Waals surface area contributed by atoms with Crippen LogP contribution < -0.4 is 11.5 Å². The van der Waals surface area contributed by atoms with Gasteiger partial charge in [0.2, 0.25) is 0 Å². The van der Waals surface area contributed by atoms with Crippen LogP contribution in [0.2, 0.25) is 0 Å². The van der Waals surface area contributed by atoms with Crippen LogP contribution >= 0.6 is 0 Å². The summed E-state index contributed by atoms with van der Waals surface area (Å²) < 4.78 is 0. The molecule has 0 aromatic carbocycles. The Morgan fingerprint density at radius 3 is 2.64 bits per heavy atom. The number of allylic oxidation sites excluding steroid dienone is 3. The Bertz CT molecular complexity index is 379. The molecule has 126 valence electrons. The first-order valence-corrected chi connectivity index (χ1v) is 9.44. The fourth-order valence-electron chi connectivity index (χ4n) is 4.49. The lowest BCUT2D eigenvalue weighted by molar-refractivity contribution is 0.247. The minimum atomic E-state index is 0.203. The first kappa shape index (κ1) is 17.6. The SMILES string of the molecule is CC1C=C(N)CC(C)C1CC(N)/C=C\CCC1CCCCC1. The maximum Gasteiger partial charge on any atom is 0.0226 e. The van der Waals surface area contributed by atoms with Crippen molar-refractivity contribution in [3.05, 3.63) is 23.9 Å². The fraction of sp³-hybridized carbons (Fsp3) is 0.800. The molecule has 4 atom stereocenters. The number of hydrogen-bond donors (Lipinski definition) is 2. The lowest BCUT2D eigenvalue weighted by Gasteiger charge is -2.34. The Kier molecular flexibility index (Phi) is 7.01. The van der Waals surface area contributed by atoms with Crippen LogP contribution in [0.4, 0.5) is 0 Å². The van der Waals surface area contributed by atoms with Crippen molar-refractivity contribution in [3.8, 4) is 0 Å². The van der Waals surface area contributed by atoms with Crippen LogP contribution in [-0.4, -0.2) is 6.04 Å². The molecule has 0 heterocycles. The molecule has 2 nitrogen and oxygen atoms in total. The van der Waals surface area contributed by atoms with E-state index in [-0.39, 0.29) is 6.04 Å². The molecular formula is C20H36N2. The largest absolute Gasteiger partial charge is 0.402 e. The quantitative estimate of drug-likeness (QED) is 0.695. The lowest BCUT2D eigenvalue weighted by Crippen LogP contribution is -2.31. The Labute approximate surface area is 137 Å². The van der Waals surface area contributed by atoms with Gasteiger partial charge < -0.3 is 11.5 Å². The van der Waals surface area contributed by atoms with Gasteiger partial charge in [0.15, 0.2) is 0 Å². The molecule has 0 radical (unpaired) electrons. The maximum absolute atomic E-state index is 6.34. The summed E-state index contributed by atoms with van der Waals surface area (Å²) in [5.41, 5.74) is 13.4. The standard InChI is InChI=1S/C20H36N2/c1-15-12-19(22)13-16(2)20(15)14-18(21)11-7-6-10-17-8-4-3-5-9-17/h7,11-12,15-18,20H,3-6,8-10,13-14,21-22H2,1-2H3/b11-7-. The Hall–Kier alpha value is -0.760. The zero-order valence-corrected chi connectivity index (χ0v) is 14.6. The lowest BCUT2D eigenvalue weighted by atomic mass is 9.73. The van der Waals surface area contributed by atoms with E-state index in [4.69, 9.17) is 11.5 Å². The molecule has 0 bridgehead atoms. The molecule has 1 saturated carbocycles. The van der Waals surface area contributed by atoms with E-state index in [2.05, 4.69) is 32.1 Å². The van der Waals surface area contributed by atoms with Gasteiger partial charge in [0.05, 0.1) is 0 Å². The fourth-order valence-corrected chi connectivity index (χ4v) is 4.49. The van der Waals surface area contributed by atoms with Crippen molar-refractivity contribution in [2.75, 3.05) is 0 Å². The molecule has 0 aromatic heterocycles. The van der Waals surface area contributed by atoms with Crippen molar-refractivity contribution in [1.82, 2.24) is 0 Å². The van der Waals surface area contributed by atoms with Gasteiger partial charge in [-0.05, 0) is 49.4 Å². The zero-order chi connectivity index (χ0) is 15.9. The van der Waals surface area contributed by atoms with Crippen LogP contribution in [0.5, 0.6) is 0 Å². The van der Waals surface area contributed by atoms with Gasteiger partial charge in [0, 0.05) is 11.7 Å². The second-order valence-corrected chi connectivity index (χ2v) is 7.86. The molecule has 0 aromatic rings. The van der Waals surface area contributed by atoms with Gasteiger partial charge in [-0.3, -0.25) is 0 Å². The van der Waals surface area contributed by atoms with Crippen molar-refractivity contribution in [1.29, 1.82) is 0 Å². The van der Waals surface area contributed by atoms with Crippen molar-refractivity contribution in [2.45, 2.75) is 77.7 Å². The van der Waals surface area contributed by atoms with E-state index in [9.17, 15) is 0 Å². The molecular weight excluding hydrogens is 268 g/mol. The van der Waals surface area contributed by atoms with E-state index in [0.29, 0.717) is 17.8 Å². The Morgan fingerprint density at radius 1 is 1.23 bits per heavy atom. The average Bonchev–Trinajstić information content (AvgIpc) is 2.48. The summed E-state index contributed by atoms with van der Waals surface area (Å²) in [6.07, 6.45) is 18.8. The van der Waals surface area contributed by atoms with Crippen LogP contribution in [-0.2, 0) is 0 Å². The smallest absolute Gasteiger partial charge is 0.0226 e. The minimum Gasteiger partial charge on any atom is -0.402 e. The van der Waals surface area contributed by atoms with Crippen LogP contribution in [0.1, 0.15) is 71.6 Å². The number of rotatable bonds is 6. The van der Waals surface area contributed by atoms with E-state index in [1.807, 2.05) is 0 Å². The molecule has 4 N–H and O–H groups in total. The summed E-state index contributed by atoms with van der Waals surface area (Å²) in [5.74, 6) is 2.86. The van der Waals surface area contributed by atoms with Crippen LogP contribution in [0.25, 0.3) is 0 Å². The third-order valence-corrected chi connectivity index (χ3v) is 5.83. The predicted octanol–water partition coefficient (Wildman–Crippen LogP) is 4.76. The topological polar surface area (TPSA) is 52.0 Å². The van der Waals surface area contributed by atoms with E-state index in [0.717, 1.165) is 24.5 Å². The van der Waals surface area contributed by atoms with E-state index in [1.165, 1.54) is 44.9 Å². The molecule has 2 rings (SSSR count). The second kappa shape index (κ2) is 8.76. The molecule has 2 aliphatic rings. The van der Waals surface area contributed by atoms with Gasteiger partial charge in [-0.1, -0.05) is 64.2 Å². The molecule has 0 saturated heterocycles. The van der Waals surface area contributed by atoms with Crippen molar-refractivity contribution in [3.63, 3.8) is 0 Å². The molecule has 0 aliphatic heterocycles. The van der Waals surface area contributed by atoms with Crippen molar-refractivity contribution < 1.29 is 0 Å². The highest BCUT2D eigenvalue weighted by atomic mass is 14.6. The average molecular weight is 305 g/mol. The molecule has 0 spiro atoms.